The second kappa shape index (κ2) is 5.78. The first kappa shape index (κ1) is 12.8. The second-order valence-electron chi connectivity index (χ2n) is 4.46. The molecular formula is C14H17NO3. The van der Waals surface area contributed by atoms with Crippen molar-refractivity contribution in [3.63, 3.8) is 0 Å². The van der Waals surface area contributed by atoms with Crippen LogP contribution in [0.3, 0.4) is 0 Å². The zero-order chi connectivity index (χ0) is 13.0. The molecule has 18 heavy (non-hydrogen) atoms. The summed E-state index contributed by atoms with van der Waals surface area (Å²) in [6, 6.07) is 7.45. The molecule has 0 aromatic heterocycles. The molecule has 0 radical (unpaired) electrons. The Morgan fingerprint density at radius 1 is 1.28 bits per heavy atom. The summed E-state index contributed by atoms with van der Waals surface area (Å²) in [4.78, 5) is 25.0. The molecule has 0 saturated carbocycles. The van der Waals surface area contributed by atoms with E-state index in [2.05, 4.69) is 4.90 Å². The highest BCUT2D eigenvalue weighted by Crippen LogP contribution is 2.15. The molecule has 1 fully saturated rings. The molecule has 0 N–H and O–H groups in total. The van der Waals surface area contributed by atoms with Crippen molar-refractivity contribution in [3.8, 4) is 0 Å². The van der Waals surface area contributed by atoms with Crippen molar-refractivity contribution in [1.29, 1.82) is 0 Å². The van der Waals surface area contributed by atoms with Gasteiger partial charge in [0.15, 0.2) is 0 Å². The molecule has 1 saturated heterocycles. The summed E-state index contributed by atoms with van der Waals surface area (Å²) in [5, 5.41) is 0. The Hall–Kier alpha value is -1.68. The van der Waals surface area contributed by atoms with Crippen LogP contribution in [0.4, 0.5) is 0 Å². The molecule has 1 aromatic rings. The summed E-state index contributed by atoms with van der Waals surface area (Å²) in [5.41, 5.74) is 1.57. The molecule has 0 spiro atoms. The lowest BCUT2D eigenvalue weighted by molar-refractivity contribution is -0.121. The Morgan fingerprint density at radius 2 is 1.94 bits per heavy atom. The van der Waals surface area contributed by atoms with Crippen molar-refractivity contribution < 1.29 is 14.3 Å². The van der Waals surface area contributed by atoms with E-state index in [0.717, 1.165) is 18.7 Å². The number of carbonyl (C=O) groups excluding carboxylic acids is 2. The van der Waals surface area contributed by atoms with Crippen LogP contribution in [-0.4, -0.2) is 36.9 Å². The van der Waals surface area contributed by atoms with Gasteiger partial charge in [-0.05, 0) is 11.6 Å². The smallest absolute Gasteiger partial charge is 0.338 e. The molecule has 0 bridgehead atoms. The molecule has 0 atom stereocenters. The van der Waals surface area contributed by atoms with Gasteiger partial charge in [0.2, 0.25) is 0 Å². The molecule has 4 nitrogen and oxygen atoms in total. The van der Waals surface area contributed by atoms with Crippen LogP contribution < -0.4 is 0 Å². The summed E-state index contributed by atoms with van der Waals surface area (Å²) in [6.07, 6.45) is 1.22. The Morgan fingerprint density at radius 3 is 2.61 bits per heavy atom. The van der Waals surface area contributed by atoms with Gasteiger partial charge in [-0.1, -0.05) is 18.2 Å². The fourth-order valence-electron chi connectivity index (χ4n) is 2.17. The minimum absolute atomic E-state index is 0.307. The number of ketones is 1. The lowest BCUT2D eigenvalue weighted by atomic mass is 10.0. The third-order valence-electron chi connectivity index (χ3n) is 3.23. The second-order valence-corrected chi connectivity index (χ2v) is 4.46. The molecule has 0 amide bonds. The van der Waals surface area contributed by atoms with E-state index >= 15 is 0 Å². The standard InChI is InChI=1S/C14H17NO3/c1-18-14(17)13-5-3-2-4-11(13)10-15-8-6-12(16)7-9-15/h2-5H,6-10H2,1H3. The molecule has 4 heteroatoms. The van der Waals surface area contributed by atoms with Gasteiger partial charge < -0.3 is 4.74 Å². The lowest BCUT2D eigenvalue weighted by Crippen LogP contribution is -2.33. The van der Waals surface area contributed by atoms with Crippen molar-refractivity contribution in [2.24, 2.45) is 0 Å². The van der Waals surface area contributed by atoms with Gasteiger partial charge >= 0.3 is 5.97 Å². The summed E-state index contributed by atoms with van der Waals surface area (Å²) < 4.78 is 4.77. The first-order valence-electron chi connectivity index (χ1n) is 6.11. The Bertz CT molecular complexity index is 446. The molecular weight excluding hydrogens is 230 g/mol. The van der Waals surface area contributed by atoms with Crippen molar-refractivity contribution in [3.05, 3.63) is 35.4 Å². The van der Waals surface area contributed by atoms with Crippen LogP contribution >= 0.6 is 0 Å². The highest BCUT2D eigenvalue weighted by atomic mass is 16.5. The van der Waals surface area contributed by atoms with Crippen LogP contribution in [-0.2, 0) is 16.1 Å². The van der Waals surface area contributed by atoms with Crippen molar-refractivity contribution in [2.45, 2.75) is 19.4 Å². The first-order chi connectivity index (χ1) is 8.70. The van der Waals surface area contributed by atoms with Crippen LogP contribution in [0.1, 0.15) is 28.8 Å². The summed E-state index contributed by atoms with van der Waals surface area (Å²) in [6.45, 7) is 2.24. The maximum Gasteiger partial charge on any atom is 0.338 e. The van der Waals surface area contributed by atoms with Gasteiger partial charge in [0, 0.05) is 32.5 Å². The summed E-state index contributed by atoms with van der Waals surface area (Å²) in [5.74, 6) is 0.0196. The van der Waals surface area contributed by atoms with Crippen molar-refractivity contribution in [1.82, 2.24) is 4.90 Å². The maximum atomic E-state index is 11.6. The molecule has 96 valence electrons. The number of benzene rings is 1. The number of methoxy groups -OCH3 is 1. The number of nitrogens with zero attached hydrogens (tertiary/aromatic N) is 1. The normalized spacial score (nSPS) is 16.6. The highest BCUT2D eigenvalue weighted by Gasteiger charge is 2.18. The summed E-state index contributed by atoms with van der Waals surface area (Å²) in [7, 11) is 1.39. The van der Waals surface area contributed by atoms with Crippen LogP contribution in [0.2, 0.25) is 0 Å². The maximum absolute atomic E-state index is 11.6. The van der Waals surface area contributed by atoms with E-state index in [1.807, 2.05) is 18.2 Å². The molecule has 1 heterocycles. The monoisotopic (exact) mass is 247 g/mol. The molecule has 1 aromatic carbocycles. The largest absolute Gasteiger partial charge is 0.465 e. The third kappa shape index (κ3) is 2.96. The quantitative estimate of drug-likeness (QED) is 0.762. The van der Waals surface area contributed by atoms with Crippen molar-refractivity contribution in [2.75, 3.05) is 20.2 Å². The van der Waals surface area contributed by atoms with Gasteiger partial charge in [0.05, 0.1) is 12.7 Å². The minimum atomic E-state index is -0.307. The van der Waals surface area contributed by atoms with Crippen LogP contribution in [0.15, 0.2) is 24.3 Å². The molecule has 1 aliphatic heterocycles. The third-order valence-corrected chi connectivity index (χ3v) is 3.23. The van der Waals surface area contributed by atoms with Gasteiger partial charge in [-0.2, -0.15) is 0 Å². The number of ether oxygens (including phenoxy) is 1. The van der Waals surface area contributed by atoms with E-state index in [1.54, 1.807) is 6.07 Å². The first-order valence-corrected chi connectivity index (χ1v) is 6.11. The minimum Gasteiger partial charge on any atom is -0.465 e. The number of esters is 1. The highest BCUT2D eigenvalue weighted by molar-refractivity contribution is 5.91. The number of hydrogen-bond acceptors (Lipinski definition) is 4. The average molecular weight is 247 g/mol. The number of rotatable bonds is 3. The van der Waals surface area contributed by atoms with E-state index < -0.39 is 0 Å². The Kier molecular flexibility index (Phi) is 4.10. The van der Waals surface area contributed by atoms with E-state index in [4.69, 9.17) is 4.74 Å². The number of hydrogen-bond donors (Lipinski definition) is 0. The molecule has 2 rings (SSSR count). The van der Waals surface area contributed by atoms with E-state index in [9.17, 15) is 9.59 Å². The van der Waals surface area contributed by atoms with Crippen LogP contribution in [0.25, 0.3) is 0 Å². The number of likely N-dealkylation sites (tertiary alicyclic amines) is 1. The van der Waals surface area contributed by atoms with Gasteiger partial charge in [-0.25, -0.2) is 4.79 Å². The summed E-state index contributed by atoms with van der Waals surface area (Å²) >= 11 is 0. The zero-order valence-electron chi connectivity index (χ0n) is 10.5. The van der Waals surface area contributed by atoms with Gasteiger partial charge in [0.1, 0.15) is 5.78 Å². The molecule has 0 aliphatic carbocycles. The van der Waals surface area contributed by atoms with Gasteiger partial charge in [-0.3, -0.25) is 9.69 Å². The Labute approximate surface area is 107 Å². The predicted octanol–water partition coefficient (Wildman–Crippen LogP) is 1.64. The van der Waals surface area contributed by atoms with Crippen molar-refractivity contribution >= 4 is 11.8 Å². The fraction of sp³-hybridized carbons (Fsp3) is 0.429. The molecule has 0 unspecified atom stereocenters. The SMILES string of the molecule is COC(=O)c1ccccc1CN1CCC(=O)CC1. The molecule has 1 aliphatic rings. The number of Topliss-reactive ketones (excluding diaryl/α,β-unsaturated/α-hetero) is 1. The average Bonchev–Trinajstić information content (AvgIpc) is 2.41. The number of carbonyl (C=O) groups is 2. The van der Waals surface area contributed by atoms with Crippen LogP contribution in [0.5, 0.6) is 0 Å². The number of piperidine rings is 1. The van der Waals surface area contributed by atoms with Crippen LogP contribution in [0, 0.1) is 0 Å². The zero-order valence-corrected chi connectivity index (χ0v) is 10.5. The lowest BCUT2D eigenvalue weighted by Gasteiger charge is -2.26. The Balaban J connectivity index is 2.09. The van der Waals surface area contributed by atoms with E-state index in [-0.39, 0.29) is 5.97 Å². The van der Waals surface area contributed by atoms with Gasteiger partial charge in [-0.15, -0.1) is 0 Å². The predicted molar refractivity (Wildman–Crippen MR) is 67.3 cm³/mol. The van der Waals surface area contributed by atoms with E-state index in [0.29, 0.717) is 30.7 Å². The topological polar surface area (TPSA) is 46.6 Å². The fourth-order valence-corrected chi connectivity index (χ4v) is 2.17. The van der Waals surface area contributed by atoms with Gasteiger partial charge in [0.25, 0.3) is 0 Å². The van der Waals surface area contributed by atoms with E-state index in [1.165, 1.54) is 7.11 Å².